The number of carboxylic acids is 1. The van der Waals surface area contributed by atoms with E-state index in [9.17, 15) is 4.79 Å². The van der Waals surface area contributed by atoms with E-state index in [1.807, 2.05) is 0 Å². The largest absolute Gasteiger partial charge is 0.481 e. The topological polar surface area (TPSA) is 37.3 Å². The Morgan fingerprint density at radius 2 is 0.800 bits per heavy atom. The summed E-state index contributed by atoms with van der Waals surface area (Å²) in [6.45, 7) is 2.29. The third-order valence-electron chi connectivity index (χ3n) is 6.15. The maximum atomic E-state index is 10.4. The van der Waals surface area contributed by atoms with Crippen molar-refractivity contribution in [2.45, 2.75) is 161 Å². The van der Waals surface area contributed by atoms with E-state index in [0.717, 1.165) is 25.7 Å². The molecule has 0 aliphatic rings. The predicted molar refractivity (Wildman–Crippen MR) is 133 cm³/mol. The molecular formula is C28H54O2. The number of hydrogen-bond acceptors (Lipinski definition) is 1. The summed E-state index contributed by atoms with van der Waals surface area (Å²) >= 11 is 0. The molecule has 0 heterocycles. The van der Waals surface area contributed by atoms with E-state index in [1.165, 1.54) is 122 Å². The van der Waals surface area contributed by atoms with E-state index in [0.29, 0.717) is 6.42 Å². The summed E-state index contributed by atoms with van der Waals surface area (Å²) in [5, 5.41) is 8.58. The van der Waals surface area contributed by atoms with Crippen molar-refractivity contribution >= 4 is 5.97 Å². The highest BCUT2D eigenvalue weighted by atomic mass is 16.4. The number of allylic oxidation sites excluding steroid dienone is 2. The van der Waals surface area contributed by atoms with Crippen LogP contribution in [0.25, 0.3) is 0 Å². The molecular weight excluding hydrogens is 368 g/mol. The SMILES string of the molecule is CCCCCCCCCCCCCCCCCCCCC=CCCCCCC(=O)O. The lowest BCUT2D eigenvalue weighted by Gasteiger charge is -2.03. The van der Waals surface area contributed by atoms with Crippen molar-refractivity contribution in [1.82, 2.24) is 0 Å². The Morgan fingerprint density at radius 3 is 1.13 bits per heavy atom. The molecule has 0 atom stereocenters. The first-order valence-corrected chi connectivity index (χ1v) is 13.6. The lowest BCUT2D eigenvalue weighted by atomic mass is 10.0. The van der Waals surface area contributed by atoms with Gasteiger partial charge in [-0.2, -0.15) is 0 Å². The fraction of sp³-hybridized carbons (Fsp3) is 0.893. The molecule has 0 aromatic heterocycles. The molecule has 2 nitrogen and oxygen atoms in total. The van der Waals surface area contributed by atoms with Gasteiger partial charge >= 0.3 is 5.97 Å². The Bertz CT molecular complexity index is 362. The van der Waals surface area contributed by atoms with Crippen LogP contribution in [0.3, 0.4) is 0 Å². The van der Waals surface area contributed by atoms with Crippen LogP contribution in [0.5, 0.6) is 0 Å². The number of unbranched alkanes of at least 4 members (excludes halogenated alkanes) is 21. The third-order valence-corrected chi connectivity index (χ3v) is 6.15. The third kappa shape index (κ3) is 27.2. The van der Waals surface area contributed by atoms with Crippen LogP contribution < -0.4 is 0 Å². The van der Waals surface area contributed by atoms with E-state index in [-0.39, 0.29) is 0 Å². The minimum Gasteiger partial charge on any atom is -0.481 e. The Kier molecular flexibility index (Phi) is 25.6. The van der Waals surface area contributed by atoms with Crippen LogP contribution in [0.4, 0.5) is 0 Å². The fourth-order valence-electron chi connectivity index (χ4n) is 4.11. The van der Waals surface area contributed by atoms with Gasteiger partial charge in [-0.15, -0.1) is 0 Å². The average molecular weight is 423 g/mol. The lowest BCUT2D eigenvalue weighted by molar-refractivity contribution is -0.137. The van der Waals surface area contributed by atoms with Crippen LogP contribution in [0.1, 0.15) is 161 Å². The van der Waals surface area contributed by atoms with Crippen LogP contribution in [0.15, 0.2) is 12.2 Å². The molecule has 0 saturated carbocycles. The van der Waals surface area contributed by atoms with Crippen LogP contribution in [-0.4, -0.2) is 11.1 Å². The van der Waals surface area contributed by atoms with Crippen molar-refractivity contribution in [1.29, 1.82) is 0 Å². The van der Waals surface area contributed by atoms with Gasteiger partial charge in [0, 0.05) is 6.42 Å². The van der Waals surface area contributed by atoms with Gasteiger partial charge in [0.05, 0.1) is 0 Å². The maximum absolute atomic E-state index is 10.4. The van der Waals surface area contributed by atoms with E-state index in [4.69, 9.17) is 5.11 Å². The number of carbonyl (C=O) groups is 1. The second-order valence-corrected chi connectivity index (χ2v) is 9.26. The highest BCUT2D eigenvalue weighted by Gasteiger charge is 1.96. The van der Waals surface area contributed by atoms with Crippen LogP contribution in [-0.2, 0) is 4.79 Å². The van der Waals surface area contributed by atoms with E-state index >= 15 is 0 Å². The Labute approximate surface area is 189 Å². The molecule has 0 aliphatic carbocycles. The summed E-state index contributed by atoms with van der Waals surface area (Å²) in [7, 11) is 0. The van der Waals surface area contributed by atoms with Crippen LogP contribution >= 0.6 is 0 Å². The molecule has 0 aliphatic heterocycles. The van der Waals surface area contributed by atoms with Crippen molar-refractivity contribution in [3.63, 3.8) is 0 Å². The van der Waals surface area contributed by atoms with Gasteiger partial charge in [-0.1, -0.05) is 135 Å². The fourth-order valence-corrected chi connectivity index (χ4v) is 4.11. The highest BCUT2D eigenvalue weighted by Crippen LogP contribution is 2.14. The van der Waals surface area contributed by atoms with E-state index < -0.39 is 5.97 Å². The zero-order chi connectivity index (χ0) is 22.0. The van der Waals surface area contributed by atoms with Gasteiger partial charge in [0.2, 0.25) is 0 Å². The molecule has 30 heavy (non-hydrogen) atoms. The molecule has 178 valence electrons. The zero-order valence-electron chi connectivity index (χ0n) is 20.5. The van der Waals surface area contributed by atoms with Gasteiger partial charge in [0.15, 0.2) is 0 Å². The summed E-state index contributed by atoms with van der Waals surface area (Å²) in [4.78, 5) is 10.4. The van der Waals surface area contributed by atoms with Crippen molar-refractivity contribution in [2.75, 3.05) is 0 Å². The number of carboxylic acid groups (broad SMARTS) is 1. The molecule has 0 saturated heterocycles. The molecule has 0 unspecified atom stereocenters. The quantitative estimate of drug-likeness (QED) is 0.117. The Balaban J connectivity index is 3.06. The maximum Gasteiger partial charge on any atom is 0.303 e. The summed E-state index contributed by atoms with van der Waals surface area (Å²) in [6.07, 6.45) is 36.0. The summed E-state index contributed by atoms with van der Waals surface area (Å²) in [5.41, 5.74) is 0. The van der Waals surface area contributed by atoms with Gasteiger partial charge in [-0.3, -0.25) is 4.79 Å². The molecule has 0 amide bonds. The van der Waals surface area contributed by atoms with Gasteiger partial charge in [0.1, 0.15) is 0 Å². The Morgan fingerprint density at radius 1 is 0.500 bits per heavy atom. The first-order chi connectivity index (χ1) is 14.8. The van der Waals surface area contributed by atoms with Crippen molar-refractivity contribution in [3.8, 4) is 0 Å². The summed E-state index contributed by atoms with van der Waals surface area (Å²) in [5.74, 6) is -0.667. The van der Waals surface area contributed by atoms with Crippen LogP contribution in [0.2, 0.25) is 0 Å². The van der Waals surface area contributed by atoms with Gasteiger partial charge in [0.25, 0.3) is 0 Å². The van der Waals surface area contributed by atoms with E-state index in [1.54, 1.807) is 0 Å². The number of aliphatic carboxylic acids is 1. The molecule has 0 aromatic rings. The second-order valence-electron chi connectivity index (χ2n) is 9.26. The summed E-state index contributed by atoms with van der Waals surface area (Å²) < 4.78 is 0. The second kappa shape index (κ2) is 26.2. The lowest BCUT2D eigenvalue weighted by Crippen LogP contribution is -1.93. The Hall–Kier alpha value is -0.790. The van der Waals surface area contributed by atoms with E-state index in [2.05, 4.69) is 19.1 Å². The standard InChI is InChI=1S/C28H54O2/c1-2-3-4-5-6-7-8-9-10-11-12-13-14-15-16-17-18-19-20-21-22-23-24-25-26-27-28(29)30/h21-22H,2-20,23-27H2,1H3,(H,29,30). The highest BCUT2D eigenvalue weighted by molar-refractivity contribution is 5.66. The van der Waals surface area contributed by atoms with Crippen molar-refractivity contribution in [3.05, 3.63) is 12.2 Å². The minimum atomic E-state index is -0.667. The smallest absolute Gasteiger partial charge is 0.303 e. The average Bonchev–Trinajstić information content (AvgIpc) is 2.73. The molecule has 0 rings (SSSR count). The molecule has 0 bridgehead atoms. The molecule has 0 aromatic carbocycles. The monoisotopic (exact) mass is 422 g/mol. The summed E-state index contributed by atoms with van der Waals surface area (Å²) in [6, 6.07) is 0. The molecule has 0 spiro atoms. The van der Waals surface area contributed by atoms with Gasteiger partial charge in [-0.05, 0) is 32.1 Å². The predicted octanol–water partition coefficient (Wildman–Crippen LogP) is 10.0. The number of rotatable bonds is 25. The molecule has 0 fully saturated rings. The van der Waals surface area contributed by atoms with Crippen LogP contribution in [0, 0.1) is 0 Å². The van der Waals surface area contributed by atoms with Gasteiger partial charge < -0.3 is 5.11 Å². The normalized spacial score (nSPS) is 11.5. The zero-order valence-corrected chi connectivity index (χ0v) is 20.5. The number of hydrogen-bond donors (Lipinski definition) is 1. The molecule has 1 N–H and O–H groups in total. The van der Waals surface area contributed by atoms with Crippen molar-refractivity contribution < 1.29 is 9.90 Å². The van der Waals surface area contributed by atoms with Gasteiger partial charge in [-0.25, -0.2) is 0 Å². The first-order valence-electron chi connectivity index (χ1n) is 13.6. The molecule has 2 heteroatoms. The molecule has 0 radical (unpaired) electrons. The minimum absolute atomic E-state index is 0.322. The first kappa shape index (κ1) is 29.2. The van der Waals surface area contributed by atoms with Crippen molar-refractivity contribution in [2.24, 2.45) is 0 Å².